The molecule has 20 heavy (non-hydrogen) atoms. The molecule has 1 rings (SSSR count). The van der Waals surface area contributed by atoms with Crippen molar-refractivity contribution in [1.29, 1.82) is 0 Å². The summed E-state index contributed by atoms with van der Waals surface area (Å²) in [6, 6.07) is 3.72. The number of carboxylic acid groups (broad SMARTS) is 1. The largest absolute Gasteiger partial charge is 0.480 e. The monoisotopic (exact) mass is 343 g/mol. The molecule has 0 saturated heterocycles. The van der Waals surface area contributed by atoms with Crippen LogP contribution >= 0.6 is 15.9 Å². The van der Waals surface area contributed by atoms with Crippen molar-refractivity contribution in [2.45, 2.75) is 19.4 Å². The Morgan fingerprint density at radius 1 is 1.40 bits per heavy atom. The summed E-state index contributed by atoms with van der Waals surface area (Å²) in [5, 5.41) is 11.3. The number of rotatable bonds is 5. The number of carbonyl (C=O) groups excluding carboxylic acids is 2. The lowest BCUT2D eigenvalue weighted by Gasteiger charge is -2.14. The lowest BCUT2D eigenvalue weighted by atomic mass is 10.1. The molecule has 0 fully saturated rings. The molecule has 2 N–H and O–H groups in total. The van der Waals surface area contributed by atoms with E-state index in [1.807, 2.05) is 6.92 Å². The van der Waals surface area contributed by atoms with Crippen LogP contribution < -0.4 is 5.32 Å². The highest BCUT2D eigenvalue weighted by atomic mass is 79.9. The first-order valence-corrected chi connectivity index (χ1v) is 6.51. The number of carboxylic acids is 1. The van der Waals surface area contributed by atoms with Crippen LogP contribution in [-0.2, 0) is 14.3 Å². The number of halogens is 1. The molecule has 0 bridgehead atoms. The van der Waals surface area contributed by atoms with Gasteiger partial charge in [0.1, 0.15) is 6.04 Å². The van der Waals surface area contributed by atoms with E-state index < -0.39 is 30.3 Å². The summed E-state index contributed by atoms with van der Waals surface area (Å²) in [5.74, 6) is -2.58. The highest BCUT2D eigenvalue weighted by Gasteiger charge is 2.24. The van der Waals surface area contributed by atoms with E-state index in [4.69, 9.17) is 5.11 Å². The Hall–Kier alpha value is -1.89. The smallest absolute Gasteiger partial charge is 0.326 e. The van der Waals surface area contributed by atoms with Crippen LogP contribution in [0.15, 0.2) is 22.7 Å². The van der Waals surface area contributed by atoms with Gasteiger partial charge in [-0.05, 0) is 40.5 Å². The molecule has 0 saturated carbocycles. The molecule has 0 radical (unpaired) electrons. The van der Waals surface area contributed by atoms with Crippen LogP contribution in [0.1, 0.15) is 22.3 Å². The van der Waals surface area contributed by atoms with Gasteiger partial charge in [0.25, 0.3) is 5.91 Å². The summed E-state index contributed by atoms with van der Waals surface area (Å²) >= 11 is 3.24. The quantitative estimate of drug-likeness (QED) is 0.790. The fraction of sp³-hybridized carbons (Fsp3) is 0.308. The maximum atomic E-state index is 12.0. The minimum atomic E-state index is -1.33. The number of esters is 1. The molecule has 0 aliphatic heterocycles. The van der Waals surface area contributed by atoms with Crippen molar-refractivity contribution in [2.75, 3.05) is 7.11 Å². The fourth-order valence-corrected chi connectivity index (χ4v) is 2.16. The zero-order chi connectivity index (χ0) is 15.3. The molecule has 0 unspecified atom stereocenters. The molecule has 6 nitrogen and oxygen atoms in total. The van der Waals surface area contributed by atoms with E-state index in [1.54, 1.807) is 18.2 Å². The van der Waals surface area contributed by atoms with Crippen LogP contribution in [-0.4, -0.2) is 36.1 Å². The van der Waals surface area contributed by atoms with Gasteiger partial charge in [-0.15, -0.1) is 0 Å². The number of carbonyl (C=O) groups is 3. The Kier molecular flexibility index (Phi) is 5.69. The second-order valence-electron chi connectivity index (χ2n) is 4.13. The highest BCUT2D eigenvalue weighted by Crippen LogP contribution is 2.18. The van der Waals surface area contributed by atoms with Gasteiger partial charge in [0.05, 0.1) is 19.1 Å². The van der Waals surface area contributed by atoms with Gasteiger partial charge >= 0.3 is 11.9 Å². The number of hydrogen-bond acceptors (Lipinski definition) is 4. The van der Waals surface area contributed by atoms with E-state index in [0.29, 0.717) is 10.0 Å². The van der Waals surface area contributed by atoms with Gasteiger partial charge in [0.2, 0.25) is 0 Å². The zero-order valence-electron chi connectivity index (χ0n) is 11.0. The van der Waals surface area contributed by atoms with E-state index in [9.17, 15) is 14.4 Å². The molecule has 0 heterocycles. The zero-order valence-corrected chi connectivity index (χ0v) is 12.6. The van der Waals surface area contributed by atoms with Gasteiger partial charge in [-0.3, -0.25) is 9.59 Å². The Labute approximate surface area is 124 Å². The van der Waals surface area contributed by atoms with Crippen molar-refractivity contribution in [3.05, 3.63) is 33.8 Å². The van der Waals surface area contributed by atoms with Crippen molar-refractivity contribution >= 4 is 33.8 Å². The molecular formula is C13H14BrNO5. The Balaban J connectivity index is 2.85. The number of benzene rings is 1. The molecule has 1 aromatic carbocycles. The summed E-state index contributed by atoms with van der Waals surface area (Å²) in [4.78, 5) is 34.1. The number of aliphatic carboxylic acids is 1. The first-order valence-electron chi connectivity index (χ1n) is 5.71. The molecule has 0 spiro atoms. The van der Waals surface area contributed by atoms with Gasteiger partial charge in [0.15, 0.2) is 0 Å². The summed E-state index contributed by atoms with van der Waals surface area (Å²) < 4.78 is 4.95. The summed E-state index contributed by atoms with van der Waals surface area (Å²) in [5.41, 5.74) is 1.25. The van der Waals surface area contributed by atoms with Gasteiger partial charge in [-0.25, -0.2) is 4.79 Å². The van der Waals surface area contributed by atoms with Crippen LogP contribution in [0, 0.1) is 6.92 Å². The van der Waals surface area contributed by atoms with Crippen LogP contribution in [0.2, 0.25) is 0 Å². The van der Waals surface area contributed by atoms with Crippen molar-refractivity contribution in [3.8, 4) is 0 Å². The third-order valence-electron chi connectivity index (χ3n) is 2.57. The molecule has 0 aliphatic rings. The van der Waals surface area contributed by atoms with E-state index in [0.717, 1.165) is 12.7 Å². The third kappa shape index (κ3) is 4.34. The highest BCUT2D eigenvalue weighted by molar-refractivity contribution is 9.10. The average Bonchev–Trinajstić information content (AvgIpc) is 2.37. The van der Waals surface area contributed by atoms with Gasteiger partial charge in [-0.2, -0.15) is 0 Å². The third-order valence-corrected chi connectivity index (χ3v) is 3.23. The SMILES string of the molecule is COC(=O)C[C@H](NC(=O)c1ccc(C)cc1Br)C(=O)O. The average molecular weight is 344 g/mol. The van der Waals surface area contributed by atoms with E-state index in [2.05, 4.69) is 26.0 Å². The fourth-order valence-electron chi connectivity index (χ4n) is 1.49. The number of ether oxygens (including phenoxy) is 1. The molecular weight excluding hydrogens is 330 g/mol. The topological polar surface area (TPSA) is 92.7 Å². The predicted octanol–water partition coefficient (Wildman–Crippen LogP) is 1.50. The van der Waals surface area contributed by atoms with E-state index in [1.165, 1.54) is 0 Å². The second kappa shape index (κ2) is 7.04. The van der Waals surface area contributed by atoms with Crippen molar-refractivity contribution < 1.29 is 24.2 Å². The number of hydrogen-bond donors (Lipinski definition) is 2. The molecule has 0 aromatic heterocycles. The summed E-state index contributed by atoms with van der Waals surface area (Å²) in [6.07, 6.45) is -0.430. The van der Waals surface area contributed by atoms with Gasteiger partial charge in [0, 0.05) is 4.47 Å². The van der Waals surface area contributed by atoms with Crippen molar-refractivity contribution in [3.63, 3.8) is 0 Å². The maximum Gasteiger partial charge on any atom is 0.326 e. The van der Waals surface area contributed by atoms with E-state index in [-0.39, 0.29) is 0 Å². The van der Waals surface area contributed by atoms with Crippen LogP contribution in [0.5, 0.6) is 0 Å². The molecule has 1 atom stereocenters. The van der Waals surface area contributed by atoms with E-state index >= 15 is 0 Å². The minimum absolute atomic E-state index is 0.298. The maximum absolute atomic E-state index is 12.0. The Morgan fingerprint density at radius 2 is 2.05 bits per heavy atom. The van der Waals surface area contributed by atoms with Crippen LogP contribution in [0.3, 0.4) is 0 Å². The lowest BCUT2D eigenvalue weighted by molar-refractivity contribution is -0.147. The van der Waals surface area contributed by atoms with Crippen LogP contribution in [0.25, 0.3) is 0 Å². The number of methoxy groups -OCH3 is 1. The molecule has 108 valence electrons. The van der Waals surface area contributed by atoms with Crippen molar-refractivity contribution in [2.24, 2.45) is 0 Å². The summed E-state index contributed by atoms with van der Waals surface area (Å²) in [6.45, 7) is 1.86. The lowest BCUT2D eigenvalue weighted by Crippen LogP contribution is -2.42. The number of nitrogens with one attached hydrogen (secondary N) is 1. The number of amides is 1. The second-order valence-corrected chi connectivity index (χ2v) is 4.98. The van der Waals surface area contributed by atoms with Gasteiger partial charge < -0.3 is 15.2 Å². The minimum Gasteiger partial charge on any atom is -0.480 e. The molecule has 0 aliphatic carbocycles. The molecule has 7 heteroatoms. The Bertz CT molecular complexity index is 544. The summed E-state index contributed by atoms with van der Waals surface area (Å²) in [7, 11) is 1.15. The number of aryl methyl sites for hydroxylation is 1. The standard InChI is InChI=1S/C13H14BrNO5/c1-7-3-4-8(9(14)5-7)12(17)15-10(13(18)19)6-11(16)20-2/h3-5,10H,6H2,1-2H3,(H,15,17)(H,18,19)/t10-/m0/s1. The first-order chi connectivity index (χ1) is 9.35. The normalized spacial score (nSPS) is 11.6. The first kappa shape index (κ1) is 16.2. The molecule has 1 aromatic rings. The predicted molar refractivity (Wildman–Crippen MR) is 74.4 cm³/mol. The molecule has 1 amide bonds. The van der Waals surface area contributed by atoms with Crippen LogP contribution in [0.4, 0.5) is 0 Å². The van der Waals surface area contributed by atoms with Gasteiger partial charge in [-0.1, -0.05) is 6.07 Å². The van der Waals surface area contributed by atoms with Crippen molar-refractivity contribution in [1.82, 2.24) is 5.32 Å². The Morgan fingerprint density at radius 3 is 2.55 bits per heavy atom.